The van der Waals surface area contributed by atoms with Crippen molar-refractivity contribution in [2.24, 2.45) is 20.5 Å². The van der Waals surface area contributed by atoms with E-state index < -0.39 is 5.97 Å². The van der Waals surface area contributed by atoms with E-state index in [-0.39, 0.29) is 12.6 Å². The third kappa shape index (κ3) is 14.4. The standard InChI is InChI=1S/C36H46N6O5/c1-5-35(43)46-24-13-11-9-7-8-10-12-23-45-32-19-21-34(37-27-32)41-40-33-20-16-30(26-28(33)3)39-38-29-14-17-31(18-15-29)42(4)22-25-47-36(44)6-2/h6,14-21,26-27H,2,5,7-13,22-25H2,1,3-4H3. The fourth-order valence-corrected chi connectivity index (χ4v) is 4.36. The first-order valence-corrected chi connectivity index (χ1v) is 16.2. The van der Waals surface area contributed by atoms with Crippen LogP contribution in [0.25, 0.3) is 0 Å². The van der Waals surface area contributed by atoms with Gasteiger partial charge >= 0.3 is 11.9 Å². The van der Waals surface area contributed by atoms with Gasteiger partial charge in [-0.2, -0.15) is 10.2 Å². The number of unbranched alkanes of at least 4 members (excludes halogenated alkanes) is 6. The zero-order valence-corrected chi connectivity index (χ0v) is 27.8. The number of benzene rings is 2. The molecule has 11 heteroatoms. The number of pyridine rings is 1. The molecular weight excluding hydrogens is 596 g/mol. The van der Waals surface area contributed by atoms with Crippen LogP contribution in [0.1, 0.15) is 63.9 Å². The maximum Gasteiger partial charge on any atom is 0.330 e. The first-order chi connectivity index (χ1) is 22.9. The van der Waals surface area contributed by atoms with Crippen molar-refractivity contribution in [3.63, 3.8) is 0 Å². The molecule has 3 rings (SSSR count). The van der Waals surface area contributed by atoms with Crippen LogP contribution in [0.3, 0.4) is 0 Å². The zero-order chi connectivity index (χ0) is 33.7. The number of ether oxygens (including phenoxy) is 3. The Morgan fingerprint density at radius 3 is 2.15 bits per heavy atom. The average Bonchev–Trinajstić information content (AvgIpc) is 3.09. The maximum absolute atomic E-state index is 11.2. The summed E-state index contributed by atoms with van der Waals surface area (Å²) in [5.41, 5.74) is 4.03. The number of carbonyl (C=O) groups excluding carboxylic acids is 2. The second-order valence-electron chi connectivity index (χ2n) is 10.9. The molecule has 1 aromatic heterocycles. The number of nitrogens with zero attached hydrogens (tertiary/aromatic N) is 6. The fraction of sp³-hybridized carbons (Fsp3) is 0.417. The summed E-state index contributed by atoms with van der Waals surface area (Å²) >= 11 is 0. The van der Waals surface area contributed by atoms with Crippen LogP contribution in [0.4, 0.5) is 28.6 Å². The van der Waals surface area contributed by atoms with Gasteiger partial charge in [-0.1, -0.05) is 45.6 Å². The number of aryl methyl sites for hydroxylation is 1. The highest BCUT2D eigenvalue weighted by Crippen LogP contribution is 2.28. The number of hydrogen-bond acceptors (Lipinski definition) is 11. The Morgan fingerprint density at radius 1 is 0.809 bits per heavy atom. The third-order valence-electron chi connectivity index (χ3n) is 7.18. The van der Waals surface area contributed by atoms with Crippen LogP contribution in [0.2, 0.25) is 0 Å². The summed E-state index contributed by atoms with van der Waals surface area (Å²) in [6.45, 7) is 9.17. The predicted molar refractivity (Wildman–Crippen MR) is 184 cm³/mol. The predicted octanol–water partition coefficient (Wildman–Crippen LogP) is 9.45. The maximum atomic E-state index is 11.2. The molecule has 0 saturated carbocycles. The molecule has 0 aliphatic heterocycles. The summed E-state index contributed by atoms with van der Waals surface area (Å²) in [7, 11) is 1.92. The second kappa shape index (κ2) is 21.0. The van der Waals surface area contributed by atoms with E-state index in [0.717, 1.165) is 60.8 Å². The van der Waals surface area contributed by atoms with E-state index >= 15 is 0 Å². The smallest absolute Gasteiger partial charge is 0.330 e. The minimum atomic E-state index is -0.430. The van der Waals surface area contributed by atoms with Gasteiger partial charge in [-0.05, 0) is 79.9 Å². The van der Waals surface area contributed by atoms with E-state index in [9.17, 15) is 9.59 Å². The number of anilines is 1. The number of likely N-dealkylation sites (N-methyl/N-ethyl adjacent to an activating group) is 1. The number of esters is 2. The van der Waals surface area contributed by atoms with Gasteiger partial charge in [0.25, 0.3) is 0 Å². The van der Waals surface area contributed by atoms with E-state index in [0.29, 0.717) is 43.4 Å². The van der Waals surface area contributed by atoms with E-state index in [1.165, 1.54) is 12.8 Å². The van der Waals surface area contributed by atoms with Crippen molar-refractivity contribution in [2.45, 2.75) is 65.2 Å². The normalized spacial score (nSPS) is 11.1. The van der Waals surface area contributed by atoms with Gasteiger partial charge in [-0.3, -0.25) is 4.79 Å². The zero-order valence-electron chi connectivity index (χ0n) is 27.8. The SMILES string of the molecule is C=CC(=O)OCCN(C)c1ccc(N=Nc2ccc(N=Nc3ccc(OCCCCCCCCCOC(=O)CC)cn3)c(C)c2)cc1. The Bertz CT molecular complexity index is 1460. The first-order valence-electron chi connectivity index (χ1n) is 16.2. The highest BCUT2D eigenvalue weighted by atomic mass is 16.5. The lowest BCUT2D eigenvalue weighted by Gasteiger charge is -2.18. The van der Waals surface area contributed by atoms with Crippen molar-refractivity contribution in [1.29, 1.82) is 0 Å². The quantitative estimate of drug-likeness (QED) is 0.0490. The van der Waals surface area contributed by atoms with E-state index in [4.69, 9.17) is 14.2 Å². The molecule has 1 heterocycles. The monoisotopic (exact) mass is 642 g/mol. The Balaban J connectivity index is 1.35. The number of azo groups is 2. The summed E-state index contributed by atoms with van der Waals surface area (Å²) in [5.74, 6) is 0.660. The molecule has 47 heavy (non-hydrogen) atoms. The van der Waals surface area contributed by atoms with Crippen molar-refractivity contribution in [1.82, 2.24) is 4.98 Å². The molecule has 0 bridgehead atoms. The van der Waals surface area contributed by atoms with Crippen molar-refractivity contribution < 1.29 is 23.8 Å². The lowest BCUT2D eigenvalue weighted by Crippen LogP contribution is -2.23. The van der Waals surface area contributed by atoms with Crippen LogP contribution in [-0.2, 0) is 19.1 Å². The molecule has 0 unspecified atom stereocenters. The molecule has 0 atom stereocenters. The number of rotatable bonds is 21. The van der Waals surface area contributed by atoms with Crippen LogP contribution >= 0.6 is 0 Å². The summed E-state index contributed by atoms with van der Waals surface area (Å²) in [4.78, 5) is 28.6. The minimum Gasteiger partial charge on any atom is -0.492 e. The third-order valence-corrected chi connectivity index (χ3v) is 7.18. The second-order valence-corrected chi connectivity index (χ2v) is 10.9. The average molecular weight is 643 g/mol. The molecule has 0 amide bonds. The first kappa shape index (κ1) is 36.5. The molecule has 0 saturated heterocycles. The van der Waals surface area contributed by atoms with Crippen molar-refractivity contribution in [3.05, 3.63) is 79.0 Å². The minimum absolute atomic E-state index is 0.119. The van der Waals surface area contributed by atoms with Crippen LogP contribution in [-0.4, -0.2) is 50.3 Å². The summed E-state index contributed by atoms with van der Waals surface area (Å²) in [5, 5.41) is 17.3. The Labute approximate surface area is 277 Å². The molecule has 3 aromatic rings. The molecule has 0 fully saturated rings. The topological polar surface area (TPSA) is 127 Å². The van der Waals surface area contributed by atoms with E-state index in [1.807, 2.05) is 74.3 Å². The van der Waals surface area contributed by atoms with Gasteiger partial charge in [0.1, 0.15) is 12.4 Å². The molecule has 0 aliphatic carbocycles. The number of hydrogen-bond donors (Lipinski definition) is 0. The van der Waals surface area contributed by atoms with Gasteiger partial charge in [0, 0.05) is 25.2 Å². The highest BCUT2D eigenvalue weighted by molar-refractivity contribution is 5.81. The van der Waals surface area contributed by atoms with Gasteiger partial charge in [-0.25, -0.2) is 9.78 Å². The van der Waals surface area contributed by atoms with Crippen LogP contribution in [0, 0.1) is 6.92 Å². The molecular formula is C36H46N6O5. The molecule has 11 nitrogen and oxygen atoms in total. The van der Waals surface area contributed by atoms with E-state index in [2.05, 4.69) is 32.0 Å². The lowest BCUT2D eigenvalue weighted by atomic mass is 10.1. The van der Waals surface area contributed by atoms with Gasteiger partial charge < -0.3 is 19.1 Å². The number of carbonyl (C=O) groups is 2. The molecule has 0 spiro atoms. The molecule has 2 aromatic carbocycles. The van der Waals surface area contributed by atoms with Crippen molar-refractivity contribution in [2.75, 3.05) is 38.3 Å². The molecule has 0 aliphatic rings. The van der Waals surface area contributed by atoms with Crippen LogP contribution < -0.4 is 9.64 Å². The van der Waals surface area contributed by atoms with Gasteiger partial charge in [0.15, 0.2) is 5.82 Å². The van der Waals surface area contributed by atoms with Crippen LogP contribution in [0.5, 0.6) is 5.75 Å². The fourth-order valence-electron chi connectivity index (χ4n) is 4.36. The highest BCUT2D eigenvalue weighted by Gasteiger charge is 2.04. The Hall–Kier alpha value is -4.93. The summed E-state index contributed by atoms with van der Waals surface area (Å²) in [6.07, 6.45) is 10.9. The molecule has 0 radical (unpaired) electrons. The van der Waals surface area contributed by atoms with Gasteiger partial charge in [-0.15, -0.1) is 10.2 Å². The molecule has 250 valence electrons. The van der Waals surface area contributed by atoms with Crippen LogP contribution in [0.15, 0.2) is 93.9 Å². The van der Waals surface area contributed by atoms with E-state index in [1.54, 1.807) is 12.3 Å². The summed E-state index contributed by atoms with van der Waals surface area (Å²) in [6, 6.07) is 16.9. The van der Waals surface area contributed by atoms with Gasteiger partial charge in [0.05, 0.1) is 43.0 Å². The Morgan fingerprint density at radius 2 is 1.49 bits per heavy atom. The Kier molecular flexibility index (Phi) is 16.3. The summed E-state index contributed by atoms with van der Waals surface area (Å²) < 4.78 is 15.9. The lowest BCUT2D eigenvalue weighted by molar-refractivity contribution is -0.143. The van der Waals surface area contributed by atoms with Crippen molar-refractivity contribution >= 4 is 40.5 Å². The number of aromatic nitrogens is 1. The molecule has 0 N–H and O–H groups in total. The van der Waals surface area contributed by atoms with Gasteiger partial charge in [0.2, 0.25) is 0 Å². The van der Waals surface area contributed by atoms with Crippen molar-refractivity contribution in [3.8, 4) is 5.75 Å². The largest absolute Gasteiger partial charge is 0.492 e.